The van der Waals surface area contributed by atoms with E-state index >= 15 is 0 Å². The van der Waals surface area contributed by atoms with Gasteiger partial charge in [0.25, 0.3) is 0 Å². The number of amidine groups is 1. The van der Waals surface area contributed by atoms with Crippen molar-refractivity contribution >= 4 is 29.1 Å². The Balaban J connectivity index is 1.99. The van der Waals surface area contributed by atoms with Gasteiger partial charge in [-0.2, -0.15) is 5.10 Å². The van der Waals surface area contributed by atoms with E-state index in [1.54, 1.807) is 6.21 Å². The zero-order chi connectivity index (χ0) is 13.0. The van der Waals surface area contributed by atoms with E-state index in [0.29, 0.717) is 5.17 Å². The third-order valence-electron chi connectivity index (χ3n) is 2.58. The Bertz CT molecular complexity index is 493. The molecule has 1 atom stereocenters. The molecule has 1 amide bonds. The highest BCUT2D eigenvalue weighted by Crippen LogP contribution is 2.21. The van der Waals surface area contributed by atoms with E-state index in [0.717, 1.165) is 12.0 Å². The number of carbonyl (C=O) groups excluding carboxylic acids is 1. The first-order valence-electron chi connectivity index (χ1n) is 5.84. The Morgan fingerprint density at radius 1 is 1.39 bits per heavy atom. The Kier molecular flexibility index (Phi) is 4.15. The molecule has 1 aromatic carbocycles. The summed E-state index contributed by atoms with van der Waals surface area (Å²) in [6.07, 6.45) is 2.48. The van der Waals surface area contributed by atoms with Crippen LogP contribution in [0.15, 0.2) is 34.5 Å². The number of rotatable bonds is 3. The number of carbonyl (C=O) groups is 1. The van der Waals surface area contributed by atoms with Crippen LogP contribution < -0.4 is 5.32 Å². The summed E-state index contributed by atoms with van der Waals surface area (Å²) in [5.74, 6) is 0.0202. The van der Waals surface area contributed by atoms with Crippen molar-refractivity contribution in [2.24, 2.45) is 10.2 Å². The minimum absolute atomic E-state index is 0.0202. The average molecular weight is 261 g/mol. The first-order chi connectivity index (χ1) is 8.69. The summed E-state index contributed by atoms with van der Waals surface area (Å²) in [4.78, 5) is 11.4. The van der Waals surface area contributed by atoms with Crippen LogP contribution in [0, 0.1) is 6.92 Å². The quantitative estimate of drug-likeness (QED) is 0.670. The second-order valence-corrected chi connectivity index (χ2v) is 5.26. The SMILES string of the molecule is CC[C@@H]1S/C(=N/N=C\c2ccc(C)cc2)NC1=O. The molecule has 1 aliphatic rings. The van der Waals surface area contributed by atoms with Crippen molar-refractivity contribution in [2.45, 2.75) is 25.5 Å². The van der Waals surface area contributed by atoms with Crippen LogP contribution in [-0.2, 0) is 4.79 Å². The second-order valence-electron chi connectivity index (χ2n) is 4.06. The van der Waals surface area contributed by atoms with E-state index in [4.69, 9.17) is 0 Å². The normalized spacial score (nSPS) is 21.8. The molecule has 1 aromatic rings. The standard InChI is InChI=1S/C13H15N3OS/c1-3-11-12(17)15-13(18-11)16-14-8-10-6-4-9(2)5-7-10/h4-8,11H,3H2,1-2H3,(H,15,16,17)/b14-8-/t11-/m0/s1. The molecule has 0 bridgehead atoms. The summed E-state index contributed by atoms with van der Waals surface area (Å²) >= 11 is 1.43. The molecule has 1 heterocycles. The van der Waals surface area contributed by atoms with Gasteiger partial charge in [0.05, 0.1) is 11.5 Å². The lowest BCUT2D eigenvalue weighted by atomic mass is 10.2. The Hall–Kier alpha value is -1.62. The molecule has 94 valence electrons. The van der Waals surface area contributed by atoms with Gasteiger partial charge < -0.3 is 5.32 Å². The molecular formula is C13H15N3OS. The van der Waals surface area contributed by atoms with Crippen LogP contribution in [-0.4, -0.2) is 22.5 Å². The second kappa shape index (κ2) is 5.82. The Labute approximate surface area is 111 Å². The highest BCUT2D eigenvalue weighted by atomic mass is 32.2. The van der Waals surface area contributed by atoms with Gasteiger partial charge >= 0.3 is 0 Å². The first kappa shape index (κ1) is 12.8. The van der Waals surface area contributed by atoms with Crippen LogP contribution in [0.3, 0.4) is 0 Å². The van der Waals surface area contributed by atoms with Gasteiger partial charge in [-0.25, -0.2) is 0 Å². The summed E-state index contributed by atoms with van der Waals surface area (Å²) in [7, 11) is 0. The van der Waals surface area contributed by atoms with Crippen LogP contribution in [0.25, 0.3) is 0 Å². The summed E-state index contributed by atoms with van der Waals surface area (Å²) in [5, 5.41) is 11.3. The van der Waals surface area contributed by atoms with E-state index in [1.165, 1.54) is 17.3 Å². The molecule has 1 N–H and O–H groups in total. The molecular weight excluding hydrogens is 246 g/mol. The molecule has 0 unspecified atom stereocenters. The molecule has 1 aliphatic heterocycles. The maximum atomic E-state index is 11.4. The minimum atomic E-state index is -0.0293. The molecule has 0 aromatic heterocycles. The van der Waals surface area contributed by atoms with Crippen molar-refractivity contribution in [3.63, 3.8) is 0 Å². The molecule has 1 fully saturated rings. The Morgan fingerprint density at radius 3 is 2.72 bits per heavy atom. The number of thioether (sulfide) groups is 1. The lowest BCUT2D eigenvalue weighted by molar-refractivity contribution is -0.118. The lowest BCUT2D eigenvalue weighted by Crippen LogP contribution is -2.24. The predicted molar refractivity (Wildman–Crippen MR) is 76.0 cm³/mol. The van der Waals surface area contributed by atoms with Gasteiger partial charge in [0.1, 0.15) is 0 Å². The van der Waals surface area contributed by atoms with Crippen LogP contribution in [0.2, 0.25) is 0 Å². The molecule has 18 heavy (non-hydrogen) atoms. The van der Waals surface area contributed by atoms with Crippen LogP contribution >= 0.6 is 11.8 Å². The molecule has 0 aliphatic carbocycles. The molecule has 0 radical (unpaired) electrons. The van der Waals surface area contributed by atoms with Gasteiger partial charge in [-0.3, -0.25) is 4.79 Å². The van der Waals surface area contributed by atoms with Crippen molar-refractivity contribution in [3.05, 3.63) is 35.4 Å². The molecule has 5 heteroatoms. The fourth-order valence-corrected chi connectivity index (χ4v) is 2.38. The Morgan fingerprint density at radius 2 is 2.11 bits per heavy atom. The number of nitrogens with zero attached hydrogens (tertiary/aromatic N) is 2. The summed E-state index contributed by atoms with van der Waals surface area (Å²) in [6, 6.07) is 8.00. The minimum Gasteiger partial charge on any atom is -0.303 e. The number of hydrogen-bond acceptors (Lipinski definition) is 4. The number of benzene rings is 1. The van der Waals surface area contributed by atoms with Crippen LogP contribution in [0.5, 0.6) is 0 Å². The third-order valence-corrected chi connectivity index (χ3v) is 3.82. The molecule has 0 saturated carbocycles. The van der Waals surface area contributed by atoms with Gasteiger partial charge in [-0.05, 0) is 18.9 Å². The summed E-state index contributed by atoms with van der Waals surface area (Å²) < 4.78 is 0. The van der Waals surface area contributed by atoms with Gasteiger partial charge in [0.15, 0.2) is 5.17 Å². The summed E-state index contributed by atoms with van der Waals surface area (Å²) in [6.45, 7) is 4.02. The van der Waals surface area contributed by atoms with Crippen molar-refractivity contribution in [3.8, 4) is 0 Å². The monoisotopic (exact) mass is 261 g/mol. The number of aryl methyl sites for hydroxylation is 1. The molecule has 2 rings (SSSR count). The van der Waals surface area contributed by atoms with E-state index in [2.05, 4.69) is 15.5 Å². The van der Waals surface area contributed by atoms with E-state index < -0.39 is 0 Å². The maximum Gasteiger partial charge on any atom is 0.239 e. The fourth-order valence-electron chi connectivity index (χ4n) is 1.52. The number of amides is 1. The van der Waals surface area contributed by atoms with Gasteiger partial charge in [0.2, 0.25) is 5.91 Å². The van der Waals surface area contributed by atoms with Gasteiger partial charge in [-0.1, -0.05) is 48.5 Å². The largest absolute Gasteiger partial charge is 0.303 e. The highest BCUT2D eigenvalue weighted by molar-refractivity contribution is 8.15. The predicted octanol–water partition coefficient (Wildman–Crippen LogP) is 2.33. The smallest absolute Gasteiger partial charge is 0.239 e. The van der Waals surface area contributed by atoms with Gasteiger partial charge in [-0.15, -0.1) is 5.10 Å². The van der Waals surface area contributed by atoms with Crippen LogP contribution in [0.4, 0.5) is 0 Å². The first-order valence-corrected chi connectivity index (χ1v) is 6.72. The average Bonchev–Trinajstić information content (AvgIpc) is 2.72. The zero-order valence-corrected chi connectivity index (χ0v) is 11.2. The summed E-state index contributed by atoms with van der Waals surface area (Å²) in [5.41, 5.74) is 2.20. The zero-order valence-electron chi connectivity index (χ0n) is 10.4. The topological polar surface area (TPSA) is 53.8 Å². The molecule has 4 nitrogen and oxygen atoms in total. The van der Waals surface area contributed by atoms with E-state index in [9.17, 15) is 4.79 Å². The lowest BCUT2D eigenvalue weighted by Gasteiger charge is -1.95. The number of nitrogens with one attached hydrogen (secondary N) is 1. The molecule has 0 spiro atoms. The van der Waals surface area contributed by atoms with Gasteiger partial charge in [0, 0.05) is 0 Å². The maximum absolute atomic E-state index is 11.4. The van der Waals surface area contributed by atoms with E-state index in [-0.39, 0.29) is 11.2 Å². The van der Waals surface area contributed by atoms with Crippen molar-refractivity contribution in [1.29, 1.82) is 0 Å². The fraction of sp³-hybridized carbons (Fsp3) is 0.308. The molecule has 1 saturated heterocycles. The highest BCUT2D eigenvalue weighted by Gasteiger charge is 2.28. The third kappa shape index (κ3) is 3.20. The van der Waals surface area contributed by atoms with Crippen molar-refractivity contribution < 1.29 is 4.79 Å². The number of hydrogen-bond donors (Lipinski definition) is 1. The van der Waals surface area contributed by atoms with Crippen LogP contribution in [0.1, 0.15) is 24.5 Å². The van der Waals surface area contributed by atoms with E-state index in [1.807, 2.05) is 38.1 Å². The van der Waals surface area contributed by atoms with Crippen molar-refractivity contribution in [1.82, 2.24) is 5.32 Å². The van der Waals surface area contributed by atoms with Crippen molar-refractivity contribution in [2.75, 3.05) is 0 Å².